The summed E-state index contributed by atoms with van der Waals surface area (Å²) in [6, 6.07) is 5.40. The lowest BCUT2D eigenvalue weighted by molar-refractivity contribution is 0.416. The number of benzene rings is 1. The summed E-state index contributed by atoms with van der Waals surface area (Å²) in [5, 5.41) is 1.17. The van der Waals surface area contributed by atoms with E-state index in [-0.39, 0.29) is 0 Å². The molecule has 1 aliphatic rings. The number of halogens is 2. The highest BCUT2D eigenvalue weighted by atomic mass is 35.5. The Bertz CT molecular complexity index is 644. The molecule has 0 atom stereocenters. The zero-order valence-electron chi connectivity index (χ0n) is 10.4. The SMILES string of the molecule is COc1cc(Cl)ccc1-c1nc(Cl)c2c(n1)CCC2. The number of nitrogens with zero attached hydrogens (tertiary/aromatic N) is 2. The maximum absolute atomic E-state index is 6.23. The predicted octanol–water partition coefficient (Wildman–Crippen LogP) is 3.95. The summed E-state index contributed by atoms with van der Waals surface area (Å²) in [6.45, 7) is 0. The highest BCUT2D eigenvalue weighted by Crippen LogP contribution is 2.34. The molecule has 1 heterocycles. The van der Waals surface area contributed by atoms with Gasteiger partial charge < -0.3 is 4.74 Å². The molecule has 0 saturated heterocycles. The van der Waals surface area contributed by atoms with Gasteiger partial charge in [0.15, 0.2) is 5.82 Å². The van der Waals surface area contributed by atoms with Crippen molar-refractivity contribution in [2.24, 2.45) is 0 Å². The van der Waals surface area contributed by atoms with Crippen molar-refractivity contribution in [2.45, 2.75) is 19.3 Å². The Balaban J connectivity index is 2.15. The van der Waals surface area contributed by atoms with E-state index >= 15 is 0 Å². The number of hydrogen-bond donors (Lipinski definition) is 0. The maximum Gasteiger partial charge on any atom is 0.164 e. The number of ether oxygens (including phenoxy) is 1. The van der Waals surface area contributed by atoms with Crippen LogP contribution in [-0.2, 0) is 12.8 Å². The van der Waals surface area contributed by atoms with Crippen molar-refractivity contribution in [1.82, 2.24) is 9.97 Å². The van der Waals surface area contributed by atoms with Crippen molar-refractivity contribution in [3.8, 4) is 17.1 Å². The monoisotopic (exact) mass is 294 g/mol. The average molecular weight is 295 g/mol. The van der Waals surface area contributed by atoms with Crippen LogP contribution >= 0.6 is 23.2 Å². The minimum atomic E-state index is 0.550. The lowest BCUT2D eigenvalue weighted by Gasteiger charge is -2.10. The molecular formula is C14H12Cl2N2O. The summed E-state index contributed by atoms with van der Waals surface area (Å²) >= 11 is 12.2. The molecule has 0 spiro atoms. The summed E-state index contributed by atoms with van der Waals surface area (Å²) in [6.07, 6.45) is 3.01. The number of aryl methyl sites for hydroxylation is 1. The molecule has 0 radical (unpaired) electrons. The van der Waals surface area contributed by atoms with Crippen LogP contribution in [0.3, 0.4) is 0 Å². The van der Waals surface area contributed by atoms with Gasteiger partial charge in [0.25, 0.3) is 0 Å². The van der Waals surface area contributed by atoms with Gasteiger partial charge in [-0.1, -0.05) is 23.2 Å². The van der Waals surface area contributed by atoms with Gasteiger partial charge in [-0.25, -0.2) is 9.97 Å². The van der Waals surface area contributed by atoms with E-state index in [0.717, 1.165) is 36.1 Å². The van der Waals surface area contributed by atoms with Gasteiger partial charge in [0.2, 0.25) is 0 Å². The lowest BCUT2D eigenvalue weighted by atomic mass is 10.1. The summed E-state index contributed by atoms with van der Waals surface area (Å²) < 4.78 is 5.33. The first-order chi connectivity index (χ1) is 9.19. The smallest absolute Gasteiger partial charge is 0.164 e. The zero-order valence-corrected chi connectivity index (χ0v) is 11.9. The first-order valence-corrected chi connectivity index (χ1v) is 6.84. The normalized spacial score (nSPS) is 13.4. The predicted molar refractivity (Wildman–Crippen MR) is 76.1 cm³/mol. The average Bonchev–Trinajstić information content (AvgIpc) is 2.87. The summed E-state index contributed by atoms with van der Waals surface area (Å²) in [4.78, 5) is 8.99. The number of hydrogen-bond acceptors (Lipinski definition) is 3. The van der Waals surface area contributed by atoms with Crippen LogP contribution < -0.4 is 4.74 Å². The van der Waals surface area contributed by atoms with Crippen LogP contribution in [-0.4, -0.2) is 17.1 Å². The second-order valence-corrected chi connectivity index (χ2v) is 5.26. The van der Waals surface area contributed by atoms with Crippen LogP contribution in [0.5, 0.6) is 5.75 Å². The Morgan fingerprint density at radius 2 is 2.00 bits per heavy atom. The van der Waals surface area contributed by atoms with Gasteiger partial charge in [0, 0.05) is 16.3 Å². The topological polar surface area (TPSA) is 35.0 Å². The molecule has 1 aromatic carbocycles. The van der Waals surface area contributed by atoms with Gasteiger partial charge in [-0.2, -0.15) is 0 Å². The largest absolute Gasteiger partial charge is 0.496 e. The molecule has 1 aromatic heterocycles. The maximum atomic E-state index is 6.23. The number of fused-ring (bicyclic) bond motifs is 1. The first kappa shape index (κ1) is 12.7. The van der Waals surface area contributed by atoms with E-state index in [1.807, 2.05) is 6.07 Å². The first-order valence-electron chi connectivity index (χ1n) is 6.08. The third-order valence-corrected chi connectivity index (χ3v) is 3.83. The van der Waals surface area contributed by atoms with Crippen molar-refractivity contribution in [1.29, 1.82) is 0 Å². The van der Waals surface area contributed by atoms with Gasteiger partial charge in [0.05, 0.1) is 12.7 Å². The highest BCUT2D eigenvalue weighted by molar-refractivity contribution is 6.31. The molecule has 19 heavy (non-hydrogen) atoms. The van der Waals surface area contributed by atoms with E-state index in [9.17, 15) is 0 Å². The third-order valence-electron chi connectivity index (χ3n) is 3.29. The van der Waals surface area contributed by atoms with E-state index in [2.05, 4.69) is 9.97 Å². The molecule has 0 bridgehead atoms. The fourth-order valence-corrected chi connectivity index (χ4v) is 2.80. The molecule has 1 aliphatic carbocycles. The second-order valence-electron chi connectivity index (χ2n) is 4.46. The Labute approximate surface area is 121 Å². The summed E-state index contributed by atoms with van der Waals surface area (Å²) in [7, 11) is 1.60. The van der Waals surface area contributed by atoms with E-state index in [1.54, 1.807) is 19.2 Å². The lowest BCUT2D eigenvalue weighted by Crippen LogP contribution is -1.99. The third kappa shape index (κ3) is 2.28. The molecule has 98 valence electrons. The van der Waals surface area contributed by atoms with Gasteiger partial charge in [0.1, 0.15) is 10.9 Å². The zero-order chi connectivity index (χ0) is 13.4. The van der Waals surface area contributed by atoms with Gasteiger partial charge in [-0.15, -0.1) is 0 Å². The van der Waals surface area contributed by atoms with Crippen molar-refractivity contribution >= 4 is 23.2 Å². The van der Waals surface area contributed by atoms with Crippen LogP contribution in [0.4, 0.5) is 0 Å². The van der Waals surface area contributed by atoms with Crippen molar-refractivity contribution < 1.29 is 4.74 Å². The highest BCUT2D eigenvalue weighted by Gasteiger charge is 2.20. The van der Waals surface area contributed by atoms with Gasteiger partial charge in [-0.05, 0) is 37.5 Å². The fraction of sp³-hybridized carbons (Fsp3) is 0.286. The molecule has 0 fully saturated rings. The molecule has 2 aromatic rings. The van der Waals surface area contributed by atoms with E-state index in [0.29, 0.717) is 21.7 Å². The molecular weight excluding hydrogens is 283 g/mol. The minimum Gasteiger partial charge on any atom is -0.496 e. The molecule has 0 unspecified atom stereocenters. The number of rotatable bonds is 2. The van der Waals surface area contributed by atoms with Crippen LogP contribution in [0.2, 0.25) is 10.2 Å². The van der Waals surface area contributed by atoms with Crippen molar-refractivity contribution in [3.05, 3.63) is 39.6 Å². The van der Waals surface area contributed by atoms with E-state index < -0.39 is 0 Å². The van der Waals surface area contributed by atoms with Crippen molar-refractivity contribution in [3.63, 3.8) is 0 Å². The fourth-order valence-electron chi connectivity index (χ4n) is 2.36. The Hall–Kier alpha value is -1.32. The molecule has 0 amide bonds. The van der Waals surface area contributed by atoms with Crippen LogP contribution in [0.25, 0.3) is 11.4 Å². The molecule has 5 heteroatoms. The van der Waals surface area contributed by atoms with Gasteiger partial charge in [-0.3, -0.25) is 0 Å². The second kappa shape index (κ2) is 4.99. The quantitative estimate of drug-likeness (QED) is 0.787. The van der Waals surface area contributed by atoms with E-state index in [4.69, 9.17) is 27.9 Å². The number of methoxy groups -OCH3 is 1. The molecule has 0 saturated carbocycles. The van der Waals surface area contributed by atoms with Crippen molar-refractivity contribution in [2.75, 3.05) is 7.11 Å². The molecule has 0 N–H and O–H groups in total. The Morgan fingerprint density at radius 1 is 1.16 bits per heavy atom. The molecule has 3 rings (SSSR count). The summed E-state index contributed by atoms with van der Waals surface area (Å²) in [5.74, 6) is 1.25. The van der Waals surface area contributed by atoms with Crippen LogP contribution in [0.1, 0.15) is 17.7 Å². The molecule has 0 aliphatic heterocycles. The minimum absolute atomic E-state index is 0.550. The number of aromatic nitrogens is 2. The van der Waals surface area contributed by atoms with Crippen LogP contribution in [0.15, 0.2) is 18.2 Å². The Kier molecular flexibility index (Phi) is 3.33. The Morgan fingerprint density at radius 3 is 2.79 bits per heavy atom. The van der Waals surface area contributed by atoms with Crippen LogP contribution in [0, 0.1) is 0 Å². The summed E-state index contributed by atoms with van der Waals surface area (Å²) in [5.41, 5.74) is 2.94. The molecule has 3 nitrogen and oxygen atoms in total. The van der Waals surface area contributed by atoms with Gasteiger partial charge >= 0.3 is 0 Å². The van der Waals surface area contributed by atoms with E-state index in [1.165, 1.54) is 0 Å². The standard InChI is InChI=1S/C14H12Cl2N2O/c1-19-12-7-8(15)5-6-10(12)14-17-11-4-2-3-9(11)13(16)18-14/h5-7H,2-4H2,1H3.